The highest BCUT2D eigenvalue weighted by atomic mass is 16.4. The zero-order chi connectivity index (χ0) is 17.1. The first-order valence-electron chi connectivity index (χ1n) is 6.96. The molecule has 0 radical (unpaired) electrons. The summed E-state index contributed by atoms with van der Waals surface area (Å²) < 4.78 is 0. The fourth-order valence-electron chi connectivity index (χ4n) is 2.08. The number of carboxylic acid groups (broad SMARTS) is 1. The third-order valence-corrected chi connectivity index (χ3v) is 3.33. The lowest BCUT2D eigenvalue weighted by atomic mass is 10.1. The maximum Gasteiger partial charge on any atom is 0.335 e. The third-order valence-electron chi connectivity index (χ3n) is 3.33. The Labute approximate surface area is 135 Å². The molecule has 0 unspecified atom stereocenters. The van der Waals surface area contributed by atoms with Gasteiger partial charge in [-0.2, -0.15) is 5.11 Å². The van der Waals surface area contributed by atoms with Crippen molar-refractivity contribution in [3.63, 3.8) is 0 Å². The number of hydrogen-bond donors (Lipinski definition) is 4. The molecule has 0 saturated carbocycles. The molecule has 0 atom stereocenters. The number of benzene rings is 2. The summed E-state index contributed by atoms with van der Waals surface area (Å²) in [5.74, 6) is -1.02. The summed E-state index contributed by atoms with van der Waals surface area (Å²) >= 11 is 0. The van der Waals surface area contributed by atoms with E-state index in [9.17, 15) is 9.59 Å². The van der Waals surface area contributed by atoms with Crippen molar-refractivity contribution < 1.29 is 9.90 Å². The van der Waals surface area contributed by atoms with Crippen LogP contribution in [0.25, 0.3) is 11.3 Å². The van der Waals surface area contributed by atoms with Gasteiger partial charge in [0.05, 0.1) is 16.9 Å². The topological polar surface area (TPSA) is 137 Å². The number of nitrogens with zero attached hydrogens (tertiary/aromatic N) is 2. The van der Waals surface area contributed by atoms with Crippen LogP contribution in [-0.4, -0.2) is 21.3 Å². The Kier molecular flexibility index (Phi) is 3.94. The molecule has 5 N–H and O–H groups in total. The van der Waals surface area contributed by atoms with Crippen molar-refractivity contribution >= 4 is 23.0 Å². The molecular weight excluding hydrogens is 310 g/mol. The first-order chi connectivity index (χ1) is 11.5. The maximum absolute atomic E-state index is 11.9. The SMILES string of the molecule is Nc1ccc(-c2[nH][nH]c(=O)c2N=Nc2ccc(C(=O)O)cc2)cc1. The molecule has 2 aromatic carbocycles. The number of hydrogen-bond acceptors (Lipinski definition) is 5. The fourth-order valence-corrected chi connectivity index (χ4v) is 2.08. The number of rotatable bonds is 4. The van der Waals surface area contributed by atoms with Gasteiger partial charge in [-0.25, -0.2) is 4.79 Å². The lowest BCUT2D eigenvalue weighted by Gasteiger charge is -1.99. The Morgan fingerprint density at radius 3 is 2.25 bits per heavy atom. The van der Waals surface area contributed by atoms with Gasteiger partial charge in [0, 0.05) is 11.3 Å². The van der Waals surface area contributed by atoms with Gasteiger partial charge in [-0.1, -0.05) is 12.1 Å². The van der Waals surface area contributed by atoms with Gasteiger partial charge < -0.3 is 10.8 Å². The van der Waals surface area contributed by atoms with Crippen molar-refractivity contribution in [2.24, 2.45) is 10.2 Å². The number of aromatic nitrogens is 2. The predicted molar refractivity (Wildman–Crippen MR) is 88.8 cm³/mol. The summed E-state index contributed by atoms with van der Waals surface area (Å²) in [6, 6.07) is 12.8. The number of carbonyl (C=O) groups is 1. The molecular formula is C16H13N5O3. The normalized spacial score (nSPS) is 11.0. The van der Waals surface area contributed by atoms with Crippen LogP contribution in [0.2, 0.25) is 0 Å². The molecule has 120 valence electrons. The van der Waals surface area contributed by atoms with Gasteiger partial charge in [0.1, 0.15) is 0 Å². The molecule has 24 heavy (non-hydrogen) atoms. The number of carboxylic acids is 1. The van der Waals surface area contributed by atoms with Crippen LogP contribution in [0, 0.1) is 0 Å². The van der Waals surface area contributed by atoms with Gasteiger partial charge in [0.2, 0.25) is 0 Å². The Morgan fingerprint density at radius 1 is 0.958 bits per heavy atom. The zero-order valence-corrected chi connectivity index (χ0v) is 12.4. The molecule has 1 heterocycles. The number of anilines is 1. The van der Waals surface area contributed by atoms with E-state index in [4.69, 9.17) is 10.8 Å². The minimum atomic E-state index is -1.02. The molecule has 0 fully saturated rings. The lowest BCUT2D eigenvalue weighted by molar-refractivity contribution is 0.0697. The average Bonchev–Trinajstić information content (AvgIpc) is 2.95. The van der Waals surface area contributed by atoms with E-state index in [-0.39, 0.29) is 11.3 Å². The Hall–Kier alpha value is -3.68. The molecule has 3 aromatic rings. The standard InChI is InChI=1S/C16H13N5O3/c17-11-5-1-9(2-6-11)13-14(15(22)21-19-13)20-18-12-7-3-10(4-8-12)16(23)24/h1-8H,17H2,(H,23,24)(H2,19,21,22). The van der Waals surface area contributed by atoms with Crippen LogP contribution in [0.4, 0.5) is 17.1 Å². The third kappa shape index (κ3) is 3.07. The summed E-state index contributed by atoms with van der Waals surface area (Å²) in [4.78, 5) is 22.7. The maximum atomic E-state index is 11.9. The van der Waals surface area contributed by atoms with Crippen LogP contribution in [0.3, 0.4) is 0 Å². The number of aromatic carboxylic acids is 1. The van der Waals surface area contributed by atoms with Crippen molar-refractivity contribution in [3.8, 4) is 11.3 Å². The van der Waals surface area contributed by atoms with E-state index in [0.29, 0.717) is 17.1 Å². The molecule has 0 aliphatic rings. The van der Waals surface area contributed by atoms with Gasteiger partial charge in [0.15, 0.2) is 5.69 Å². The minimum absolute atomic E-state index is 0.127. The molecule has 0 saturated heterocycles. The summed E-state index contributed by atoms with van der Waals surface area (Å²) in [7, 11) is 0. The van der Waals surface area contributed by atoms with Crippen LogP contribution in [-0.2, 0) is 0 Å². The summed E-state index contributed by atoms with van der Waals surface area (Å²) in [5, 5.41) is 22.1. The van der Waals surface area contributed by atoms with Crippen LogP contribution in [0.15, 0.2) is 63.6 Å². The largest absolute Gasteiger partial charge is 0.478 e. The van der Waals surface area contributed by atoms with E-state index < -0.39 is 11.5 Å². The number of H-pyrrole nitrogens is 2. The number of nitrogen functional groups attached to an aromatic ring is 1. The zero-order valence-electron chi connectivity index (χ0n) is 12.4. The first-order valence-corrected chi connectivity index (χ1v) is 6.96. The summed E-state index contributed by atoms with van der Waals surface area (Å²) in [6.07, 6.45) is 0. The molecule has 8 nitrogen and oxygen atoms in total. The fraction of sp³-hybridized carbons (Fsp3) is 0. The van der Waals surface area contributed by atoms with Gasteiger partial charge in [-0.05, 0) is 36.4 Å². The van der Waals surface area contributed by atoms with E-state index in [1.807, 2.05) is 0 Å². The van der Waals surface area contributed by atoms with Crippen molar-refractivity contribution in [1.29, 1.82) is 0 Å². The number of azo groups is 1. The molecule has 0 spiro atoms. The number of nitrogens with one attached hydrogen (secondary N) is 2. The van der Waals surface area contributed by atoms with Crippen LogP contribution in [0.5, 0.6) is 0 Å². The highest BCUT2D eigenvalue weighted by Crippen LogP contribution is 2.27. The molecule has 0 bridgehead atoms. The Balaban J connectivity index is 1.92. The first kappa shape index (κ1) is 15.2. The van der Waals surface area contributed by atoms with E-state index in [2.05, 4.69) is 20.4 Å². The second-order valence-corrected chi connectivity index (χ2v) is 4.98. The van der Waals surface area contributed by atoms with Crippen molar-refractivity contribution in [3.05, 3.63) is 64.4 Å². The van der Waals surface area contributed by atoms with Gasteiger partial charge in [0.25, 0.3) is 5.56 Å². The van der Waals surface area contributed by atoms with Crippen molar-refractivity contribution in [1.82, 2.24) is 10.2 Å². The van der Waals surface area contributed by atoms with Crippen LogP contribution >= 0.6 is 0 Å². The Bertz CT molecular complexity index is 953. The molecule has 3 rings (SSSR count). The molecule has 0 aliphatic carbocycles. The van der Waals surface area contributed by atoms with Crippen LogP contribution < -0.4 is 11.3 Å². The average molecular weight is 323 g/mol. The lowest BCUT2D eigenvalue weighted by Crippen LogP contribution is -1.96. The van der Waals surface area contributed by atoms with Crippen molar-refractivity contribution in [2.45, 2.75) is 0 Å². The molecule has 1 aromatic heterocycles. The highest BCUT2D eigenvalue weighted by Gasteiger charge is 2.11. The second-order valence-electron chi connectivity index (χ2n) is 4.98. The smallest absolute Gasteiger partial charge is 0.335 e. The number of nitrogens with two attached hydrogens (primary N) is 1. The minimum Gasteiger partial charge on any atom is -0.478 e. The quantitative estimate of drug-likeness (QED) is 0.433. The molecule has 8 heteroatoms. The summed E-state index contributed by atoms with van der Waals surface area (Å²) in [6.45, 7) is 0. The van der Waals surface area contributed by atoms with Crippen molar-refractivity contribution in [2.75, 3.05) is 5.73 Å². The van der Waals surface area contributed by atoms with Crippen LogP contribution in [0.1, 0.15) is 10.4 Å². The van der Waals surface area contributed by atoms with E-state index in [1.165, 1.54) is 24.3 Å². The highest BCUT2D eigenvalue weighted by molar-refractivity contribution is 5.87. The van der Waals surface area contributed by atoms with Gasteiger partial charge >= 0.3 is 5.97 Å². The molecule has 0 amide bonds. The predicted octanol–water partition coefficient (Wildman–Crippen LogP) is 3.07. The summed E-state index contributed by atoms with van der Waals surface area (Å²) in [5.41, 5.74) is 7.79. The van der Waals surface area contributed by atoms with Gasteiger partial charge in [-0.15, -0.1) is 5.11 Å². The van der Waals surface area contributed by atoms with E-state index >= 15 is 0 Å². The van der Waals surface area contributed by atoms with E-state index in [1.54, 1.807) is 24.3 Å². The number of aromatic amines is 2. The monoisotopic (exact) mass is 323 g/mol. The van der Waals surface area contributed by atoms with Gasteiger partial charge in [-0.3, -0.25) is 15.0 Å². The molecule has 0 aliphatic heterocycles. The Morgan fingerprint density at radius 2 is 1.62 bits per heavy atom. The second kappa shape index (κ2) is 6.21. The van der Waals surface area contributed by atoms with E-state index in [0.717, 1.165) is 5.56 Å².